The molecule has 102 valence electrons. The lowest BCUT2D eigenvalue weighted by Crippen LogP contribution is -2.22. The van der Waals surface area contributed by atoms with E-state index >= 15 is 0 Å². The van der Waals surface area contributed by atoms with Gasteiger partial charge in [-0.05, 0) is 60.6 Å². The zero-order valence-corrected chi connectivity index (χ0v) is 11.6. The van der Waals surface area contributed by atoms with E-state index in [1.165, 1.54) is 30.2 Å². The summed E-state index contributed by atoms with van der Waals surface area (Å²) in [6.07, 6.45) is 6.48. The van der Waals surface area contributed by atoms with Crippen molar-refractivity contribution >= 4 is 10.9 Å². The molecule has 0 saturated heterocycles. The quantitative estimate of drug-likeness (QED) is 0.919. The third-order valence-electron chi connectivity index (χ3n) is 6.00. The highest BCUT2D eigenvalue weighted by Crippen LogP contribution is 2.65. The predicted octanol–water partition coefficient (Wildman–Crippen LogP) is 3.37. The van der Waals surface area contributed by atoms with Gasteiger partial charge in [-0.2, -0.15) is 0 Å². The van der Waals surface area contributed by atoms with Crippen molar-refractivity contribution in [1.29, 1.82) is 0 Å². The zero-order valence-electron chi connectivity index (χ0n) is 11.6. The normalized spacial score (nSPS) is 37.3. The Kier molecular flexibility index (Phi) is 2.28. The van der Waals surface area contributed by atoms with E-state index in [-0.39, 0.29) is 0 Å². The number of hydrogen-bond acceptors (Lipinski definition) is 2. The van der Waals surface area contributed by atoms with Gasteiger partial charge in [-0.1, -0.05) is 18.2 Å². The molecule has 0 spiro atoms. The number of benzene rings is 1. The van der Waals surface area contributed by atoms with E-state index in [0.717, 1.165) is 41.8 Å². The standard InChI is InChI=1S/C18H20N2/c1-2-4-15-14(3-1)13(7-8-19-15)10-20-18-16-11-5-6-12(9-11)17(16)18/h1-4,7-8,11-12,16-18,20H,5-6,9-10H2. The number of pyridine rings is 1. The Hall–Kier alpha value is -1.41. The van der Waals surface area contributed by atoms with E-state index in [1.807, 2.05) is 6.20 Å². The lowest BCUT2D eigenvalue weighted by molar-refractivity contribution is 0.456. The van der Waals surface area contributed by atoms with Gasteiger partial charge in [0.2, 0.25) is 0 Å². The Labute approximate surface area is 119 Å². The van der Waals surface area contributed by atoms with Crippen LogP contribution in [0.3, 0.4) is 0 Å². The number of aromatic nitrogens is 1. The number of para-hydroxylation sites is 1. The van der Waals surface area contributed by atoms with Gasteiger partial charge in [-0.25, -0.2) is 0 Å². The van der Waals surface area contributed by atoms with Gasteiger partial charge in [-0.3, -0.25) is 4.98 Å². The maximum absolute atomic E-state index is 4.45. The van der Waals surface area contributed by atoms with Crippen LogP contribution in [-0.4, -0.2) is 11.0 Å². The number of fused-ring (bicyclic) bond motifs is 6. The average molecular weight is 264 g/mol. The van der Waals surface area contributed by atoms with Crippen LogP contribution >= 0.6 is 0 Å². The molecule has 1 heterocycles. The van der Waals surface area contributed by atoms with Crippen LogP contribution in [0.5, 0.6) is 0 Å². The predicted molar refractivity (Wildman–Crippen MR) is 80.2 cm³/mol. The van der Waals surface area contributed by atoms with Gasteiger partial charge in [0.15, 0.2) is 0 Å². The summed E-state index contributed by atoms with van der Waals surface area (Å²) >= 11 is 0. The van der Waals surface area contributed by atoms with Crippen molar-refractivity contribution in [3.63, 3.8) is 0 Å². The molecule has 0 aliphatic heterocycles. The zero-order chi connectivity index (χ0) is 13.1. The van der Waals surface area contributed by atoms with Crippen molar-refractivity contribution in [3.8, 4) is 0 Å². The summed E-state index contributed by atoms with van der Waals surface area (Å²) in [5.74, 6) is 4.14. The molecule has 0 amide bonds. The second-order valence-electron chi connectivity index (χ2n) is 6.88. The molecule has 3 fully saturated rings. The molecule has 2 aromatic rings. The van der Waals surface area contributed by atoms with E-state index in [0.29, 0.717) is 0 Å². The molecule has 0 radical (unpaired) electrons. The van der Waals surface area contributed by atoms with Gasteiger partial charge < -0.3 is 5.32 Å². The highest BCUT2D eigenvalue weighted by atomic mass is 15.0. The smallest absolute Gasteiger partial charge is 0.0705 e. The first-order valence-corrected chi connectivity index (χ1v) is 7.98. The molecule has 4 unspecified atom stereocenters. The minimum Gasteiger partial charge on any atom is -0.309 e. The highest BCUT2D eigenvalue weighted by molar-refractivity contribution is 5.81. The van der Waals surface area contributed by atoms with Gasteiger partial charge >= 0.3 is 0 Å². The fourth-order valence-corrected chi connectivity index (χ4v) is 5.14. The summed E-state index contributed by atoms with van der Waals surface area (Å²) in [4.78, 5) is 4.45. The molecule has 2 nitrogen and oxygen atoms in total. The largest absolute Gasteiger partial charge is 0.309 e. The summed E-state index contributed by atoms with van der Waals surface area (Å²) < 4.78 is 0. The molecule has 1 aromatic carbocycles. The van der Waals surface area contributed by atoms with Crippen LogP contribution in [0.15, 0.2) is 36.5 Å². The van der Waals surface area contributed by atoms with E-state index in [1.54, 1.807) is 0 Å². The second-order valence-corrected chi connectivity index (χ2v) is 6.88. The molecule has 3 aliphatic carbocycles. The lowest BCUT2D eigenvalue weighted by Gasteiger charge is -2.11. The van der Waals surface area contributed by atoms with Gasteiger partial charge in [0.05, 0.1) is 5.52 Å². The summed E-state index contributed by atoms with van der Waals surface area (Å²) in [5.41, 5.74) is 2.51. The molecular weight excluding hydrogens is 244 g/mol. The summed E-state index contributed by atoms with van der Waals surface area (Å²) in [6.45, 7) is 1.00. The first-order valence-electron chi connectivity index (χ1n) is 7.98. The number of rotatable bonds is 3. The maximum Gasteiger partial charge on any atom is 0.0705 e. The SMILES string of the molecule is c1ccc2c(CNC3C4C5CCC(C5)C34)ccnc2c1. The van der Waals surface area contributed by atoms with Crippen molar-refractivity contribution in [2.75, 3.05) is 0 Å². The second kappa shape index (κ2) is 4.05. The summed E-state index contributed by atoms with van der Waals surface area (Å²) in [5, 5.41) is 5.14. The Morgan fingerprint density at radius 3 is 2.70 bits per heavy atom. The van der Waals surface area contributed by atoms with Gasteiger partial charge in [0.25, 0.3) is 0 Å². The first kappa shape index (κ1) is 11.3. The topological polar surface area (TPSA) is 24.9 Å². The molecule has 2 heteroatoms. The van der Waals surface area contributed by atoms with Crippen LogP contribution in [0.1, 0.15) is 24.8 Å². The van der Waals surface area contributed by atoms with Crippen LogP contribution in [0.4, 0.5) is 0 Å². The number of nitrogens with zero attached hydrogens (tertiary/aromatic N) is 1. The van der Waals surface area contributed by atoms with Crippen molar-refractivity contribution in [2.24, 2.45) is 23.7 Å². The monoisotopic (exact) mass is 264 g/mol. The van der Waals surface area contributed by atoms with Crippen LogP contribution in [0.25, 0.3) is 10.9 Å². The van der Waals surface area contributed by atoms with E-state index < -0.39 is 0 Å². The molecular formula is C18H20N2. The Bertz CT molecular complexity index is 644. The molecule has 20 heavy (non-hydrogen) atoms. The first-order chi connectivity index (χ1) is 9.92. The van der Waals surface area contributed by atoms with E-state index in [9.17, 15) is 0 Å². The Morgan fingerprint density at radius 2 is 1.85 bits per heavy atom. The average Bonchev–Trinajstić information content (AvgIpc) is 2.88. The molecule has 2 bridgehead atoms. The van der Waals surface area contributed by atoms with E-state index in [4.69, 9.17) is 0 Å². The summed E-state index contributed by atoms with van der Waals surface area (Å²) in [7, 11) is 0. The minimum absolute atomic E-state index is 0.813. The fraction of sp³-hybridized carbons (Fsp3) is 0.500. The number of hydrogen-bond donors (Lipinski definition) is 1. The highest BCUT2D eigenvalue weighted by Gasteiger charge is 2.64. The lowest BCUT2D eigenvalue weighted by atomic mass is 10.0. The Balaban J connectivity index is 1.35. The maximum atomic E-state index is 4.45. The fourth-order valence-electron chi connectivity index (χ4n) is 5.14. The van der Waals surface area contributed by atoms with Crippen molar-refractivity contribution in [1.82, 2.24) is 10.3 Å². The molecule has 5 rings (SSSR count). The minimum atomic E-state index is 0.813. The molecule has 1 N–H and O–H groups in total. The van der Waals surface area contributed by atoms with Crippen molar-refractivity contribution in [2.45, 2.75) is 31.8 Å². The third-order valence-corrected chi connectivity index (χ3v) is 6.00. The van der Waals surface area contributed by atoms with Crippen molar-refractivity contribution in [3.05, 3.63) is 42.1 Å². The van der Waals surface area contributed by atoms with Gasteiger partial charge in [0.1, 0.15) is 0 Å². The van der Waals surface area contributed by atoms with Crippen molar-refractivity contribution < 1.29 is 0 Å². The van der Waals surface area contributed by atoms with Gasteiger partial charge in [-0.15, -0.1) is 0 Å². The van der Waals surface area contributed by atoms with Crippen LogP contribution < -0.4 is 5.32 Å². The summed E-state index contributed by atoms with van der Waals surface area (Å²) in [6, 6.07) is 11.5. The van der Waals surface area contributed by atoms with Crippen LogP contribution in [-0.2, 0) is 6.54 Å². The number of nitrogens with one attached hydrogen (secondary N) is 1. The van der Waals surface area contributed by atoms with Crippen LogP contribution in [0, 0.1) is 23.7 Å². The molecule has 3 aliphatic rings. The molecule has 3 saturated carbocycles. The molecule has 1 aromatic heterocycles. The molecule has 4 atom stereocenters. The van der Waals surface area contributed by atoms with Crippen LogP contribution in [0.2, 0.25) is 0 Å². The third kappa shape index (κ3) is 1.51. The Morgan fingerprint density at radius 1 is 1.05 bits per heavy atom. The van der Waals surface area contributed by atoms with E-state index in [2.05, 4.69) is 40.6 Å². The van der Waals surface area contributed by atoms with Gasteiger partial charge in [0, 0.05) is 24.2 Å².